The molecule has 6 nitrogen and oxygen atoms in total. The zero-order chi connectivity index (χ0) is 14.6. The molecule has 9 heteroatoms. The molecule has 0 saturated heterocycles. The maximum Gasteiger partial charge on any atom is 0.311 e. The van der Waals surface area contributed by atoms with E-state index >= 15 is 0 Å². The molecule has 0 aliphatic rings. The summed E-state index contributed by atoms with van der Waals surface area (Å²) in [7, 11) is 0. The molecule has 0 atom stereocenters. The summed E-state index contributed by atoms with van der Waals surface area (Å²) >= 11 is 1.45. The van der Waals surface area contributed by atoms with E-state index in [1.54, 1.807) is 6.92 Å². The van der Waals surface area contributed by atoms with Gasteiger partial charge in [0, 0.05) is 0 Å². The van der Waals surface area contributed by atoms with Gasteiger partial charge in [-0.05, 0) is 29.5 Å². The van der Waals surface area contributed by atoms with Crippen molar-refractivity contribution in [3.8, 4) is 0 Å². The molecule has 0 N–H and O–H groups in total. The van der Waals surface area contributed by atoms with E-state index in [4.69, 9.17) is 0 Å². The third-order valence-electron chi connectivity index (χ3n) is 2.15. The summed E-state index contributed by atoms with van der Waals surface area (Å²) in [6.45, 7) is 1.70. The minimum Gasteiger partial charge on any atom is -0.466 e. The molecule has 0 spiro atoms. The zero-order valence-corrected chi connectivity index (χ0v) is 11.9. The maximum absolute atomic E-state index is 12.9. The van der Waals surface area contributed by atoms with E-state index in [0.29, 0.717) is 0 Å². The smallest absolute Gasteiger partial charge is 0.311 e. The molecule has 0 bridgehead atoms. The lowest BCUT2D eigenvalue weighted by molar-refractivity contribution is -0.386. The first-order valence-electron chi connectivity index (χ1n) is 5.13. The summed E-state index contributed by atoms with van der Waals surface area (Å²) in [5.74, 6) is -0.707. The normalized spacial score (nSPS) is 10.6. The van der Waals surface area contributed by atoms with E-state index in [0.717, 1.165) is 6.20 Å². The van der Waals surface area contributed by atoms with Crippen molar-refractivity contribution in [1.29, 1.82) is 0 Å². The lowest BCUT2D eigenvalue weighted by Crippen LogP contribution is -2.13. The summed E-state index contributed by atoms with van der Waals surface area (Å²) in [6.07, 6.45) is -2.53. The highest BCUT2D eigenvalue weighted by Crippen LogP contribution is 2.32. The summed E-state index contributed by atoms with van der Waals surface area (Å²) < 4.78 is 30.3. The van der Waals surface area contributed by atoms with Crippen LogP contribution in [0.5, 0.6) is 0 Å². The minimum absolute atomic E-state index is 0.118. The Bertz CT molecular complexity index is 511. The molecule has 1 aromatic rings. The number of hydrogen-bond donors (Lipinski definition) is 0. The van der Waals surface area contributed by atoms with Crippen molar-refractivity contribution in [1.82, 2.24) is 4.98 Å². The summed E-state index contributed by atoms with van der Waals surface area (Å²) in [5.41, 5.74) is -1.31. The quantitative estimate of drug-likeness (QED) is 0.336. The molecule has 1 aromatic heterocycles. The zero-order valence-electron chi connectivity index (χ0n) is 9.73. The van der Waals surface area contributed by atoms with Crippen molar-refractivity contribution < 1.29 is 23.2 Å². The van der Waals surface area contributed by atoms with E-state index in [9.17, 15) is 23.7 Å². The Hall–Kier alpha value is -1.39. The maximum atomic E-state index is 12.9. The molecular formula is C10H9F2IN2O4. The molecule has 0 aromatic carbocycles. The largest absolute Gasteiger partial charge is 0.466 e. The van der Waals surface area contributed by atoms with Gasteiger partial charge in [-0.25, -0.2) is 8.78 Å². The average Bonchev–Trinajstić information content (AvgIpc) is 2.28. The third kappa shape index (κ3) is 3.78. The number of pyridine rings is 1. The molecule has 0 aliphatic carbocycles. The van der Waals surface area contributed by atoms with E-state index in [2.05, 4.69) is 9.72 Å². The van der Waals surface area contributed by atoms with Crippen LogP contribution in [0, 0.1) is 13.7 Å². The van der Waals surface area contributed by atoms with Gasteiger partial charge >= 0.3 is 11.7 Å². The number of alkyl halides is 2. The molecule has 0 radical (unpaired) electrons. The molecular weight excluding hydrogens is 377 g/mol. The van der Waals surface area contributed by atoms with Crippen molar-refractivity contribution in [2.75, 3.05) is 6.61 Å². The van der Waals surface area contributed by atoms with Gasteiger partial charge in [0.2, 0.25) is 0 Å². The molecule has 0 fully saturated rings. The third-order valence-corrected chi connectivity index (χ3v) is 3.28. The first-order valence-corrected chi connectivity index (χ1v) is 6.21. The standard InChI is InChI=1S/C10H9F2IN2O4/c1-2-19-7(16)3-5-8(10(11)12)9(13)6(4-14-5)15(17)18/h4,10H,2-3H2,1H3. The van der Waals surface area contributed by atoms with Crippen LogP contribution < -0.4 is 0 Å². The van der Waals surface area contributed by atoms with Crippen LogP contribution in [-0.2, 0) is 16.0 Å². The number of rotatable bonds is 5. The van der Waals surface area contributed by atoms with Crippen LogP contribution in [0.4, 0.5) is 14.5 Å². The molecule has 0 aliphatic heterocycles. The number of aromatic nitrogens is 1. The monoisotopic (exact) mass is 386 g/mol. The second-order valence-corrected chi connectivity index (χ2v) is 4.44. The number of halogens is 3. The van der Waals surface area contributed by atoms with E-state index in [1.807, 2.05) is 0 Å². The second-order valence-electron chi connectivity index (χ2n) is 3.36. The number of ether oxygens (including phenoxy) is 1. The number of carbonyl (C=O) groups is 1. The number of nitrogens with zero attached hydrogens (tertiary/aromatic N) is 2. The summed E-state index contributed by atoms with van der Waals surface area (Å²) in [4.78, 5) is 24.7. The van der Waals surface area contributed by atoms with Crippen molar-refractivity contribution >= 4 is 34.2 Å². The lowest BCUT2D eigenvalue weighted by atomic mass is 10.1. The van der Waals surface area contributed by atoms with Crippen molar-refractivity contribution in [2.45, 2.75) is 19.8 Å². The highest BCUT2D eigenvalue weighted by molar-refractivity contribution is 14.1. The molecule has 1 rings (SSSR count). The van der Waals surface area contributed by atoms with Gasteiger partial charge in [-0.3, -0.25) is 19.9 Å². The van der Waals surface area contributed by atoms with Crippen LogP contribution in [0.1, 0.15) is 24.6 Å². The Morgan fingerprint density at radius 1 is 1.63 bits per heavy atom. The van der Waals surface area contributed by atoms with Crippen LogP contribution in [0.3, 0.4) is 0 Å². The molecule has 0 amide bonds. The highest BCUT2D eigenvalue weighted by atomic mass is 127. The van der Waals surface area contributed by atoms with Crippen molar-refractivity contribution in [2.24, 2.45) is 0 Å². The SMILES string of the molecule is CCOC(=O)Cc1ncc([N+](=O)[O-])c(I)c1C(F)F. The number of esters is 1. The highest BCUT2D eigenvalue weighted by Gasteiger charge is 2.27. The van der Waals surface area contributed by atoms with Crippen LogP contribution in [0.15, 0.2) is 6.20 Å². The molecule has 1 heterocycles. The fraction of sp³-hybridized carbons (Fsp3) is 0.400. The Morgan fingerprint density at radius 2 is 2.26 bits per heavy atom. The van der Waals surface area contributed by atoms with E-state index < -0.39 is 35.0 Å². The van der Waals surface area contributed by atoms with E-state index in [-0.39, 0.29) is 15.9 Å². The van der Waals surface area contributed by atoms with E-state index in [1.165, 1.54) is 22.6 Å². The first-order chi connectivity index (χ1) is 8.88. The Labute approximate surface area is 120 Å². The fourth-order valence-corrected chi connectivity index (χ4v) is 2.25. The number of hydrogen-bond acceptors (Lipinski definition) is 5. The van der Waals surface area contributed by atoms with Crippen LogP contribution in [0.25, 0.3) is 0 Å². The number of carbonyl (C=O) groups excluding carboxylic acids is 1. The van der Waals surface area contributed by atoms with Gasteiger partial charge in [0.15, 0.2) is 0 Å². The fourth-order valence-electron chi connectivity index (χ4n) is 1.37. The predicted octanol–water partition coefficient (Wildman–Crippen LogP) is 2.64. The van der Waals surface area contributed by atoms with Crippen LogP contribution in [-0.4, -0.2) is 22.5 Å². The molecule has 104 valence electrons. The average molecular weight is 386 g/mol. The predicted molar refractivity (Wildman–Crippen MR) is 68.9 cm³/mol. The number of nitro groups is 1. The lowest BCUT2D eigenvalue weighted by Gasteiger charge is -2.09. The van der Waals surface area contributed by atoms with Gasteiger partial charge in [-0.2, -0.15) is 0 Å². The first kappa shape index (κ1) is 15.7. The molecule has 0 unspecified atom stereocenters. The van der Waals surface area contributed by atoms with Crippen LogP contribution in [0.2, 0.25) is 0 Å². The Morgan fingerprint density at radius 3 is 2.74 bits per heavy atom. The van der Waals surface area contributed by atoms with Gasteiger partial charge in [0.1, 0.15) is 9.77 Å². The summed E-state index contributed by atoms with van der Waals surface area (Å²) in [6, 6.07) is 0. The second kappa shape index (κ2) is 6.68. The van der Waals surface area contributed by atoms with Gasteiger partial charge in [-0.1, -0.05) is 0 Å². The topological polar surface area (TPSA) is 82.3 Å². The Kier molecular flexibility index (Phi) is 5.51. The van der Waals surface area contributed by atoms with Crippen molar-refractivity contribution in [3.05, 3.63) is 31.1 Å². The Balaban J connectivity index is 3.22. The molecule has 0 saturated carbocycles. The molecule has 19 heavy (non-hydrogen) atoms. The van der Waals surface area contributed by atoms with Crippen molar-refractivity contribution in [3.63, 3.8) is 0 Å². The van der Waals surface area contributed by atoms with Gasteiger partial charge < -0.3 is 4.74 Å². The van der Waals surface area contributed by atoms with Gasteiger partial charge in [0.05, 0.1) is 29.2 Å². The summed E-state index contributed by atoms with van der Waals surface area (Å²) in [5, 5.41) is 10.7. The van der Waals surface area contributed by atoms with Gasteiger partial charge in [0.25, 0.3) is 6.43 Å². The van der Waals surface area contributed by atoms with Gasteiger partial charge in [-0.15, -0.1) is 0 Å². The van der Waals surface area contributed by atoms with Crippen LogP contribution >= 0.6 is 22.6 Å². The minimum atomic E-state index is -2.95.